The van der Waals surface area contributed by atoms with Gasteiger partial charge in [0.25, 0.3) is 0 Å². The van der Waals surface area contributed by atoms with E-state index in [0.717, 1.165) is 4.90 Å². The van der Waals surface area contributed by atoms with Crippen molar-refractivity contribution in [1.29, 1.82) is 0 Å². The number of nitrogens with one attached hydrogen (secondary N) is 1. The molecule has 4 amide bonds. The van der Waals surface area contributed by atoms with Crippen molar-refractivity contribution < 1.29 is 19.1 Å². The van der Waals surface area contributed by atoms with Crippen molar-refractivity contribution >= 4 is 23.5 Å². The van der Waals surface area contributed by atoms with E-state index in [4.69, 9.17) is 4.74 Å². The zero-order valence-electron chi connectivity index (χ0n) is 9.97. The van der Waals surface area contributed by atoms with Gasteiger partial charge in [-0.15, -0.1) is 0 Å². The van der Waals surface area contributed by atoms with E-state index in [-0.39, 0.29) is 6.10 Å². The zero-order valence-corrected chi connectivity index (χ0v) is 9.97. The molecule has 0 spiro atoms. The van der Waals surface area contributed by atoms with Gasteiger partial charge in [-0.1, -0.05) is 0 Å². The van der Waals surface area contributed by atoms with Gasteiger partial charge in [0.15, 0.2) is 0 Å². The van der Waals surface area contributed by atoms with Crippen LogP contribution in [-0.4, -0.2) is 23.9 Å². The number of hydrogen-bond donors (Lipinski definition) is 1. The van der Waals surface area contributed by atoms with Crippen molar-refractivity contribution in [3.63, 3.8) is 0 Å². The maximum absolute atomic E-state index is 11.4. The average Bonchev–Trinajstić information content (AvgIpc) is 2.54. The van der Waals surface area contributed by atoms with Crippen molar-refractivity contribution in [2.75, 3.05) is 4.90 Å². The van der Waals surface area contributed by atoms with Gasteiger partial charge in [-0.05, 0) is 38.1 Å². The molecule has 0 saturated carbocycles. The van der Waals surface area contributed by atoms with Crippen LogP contribution >= 0.6 is 0 Å². The zero-order chi connectivity index (χ0) is 13.3. The summed E-state index contributed by atoms with van der Waals surface area (Å²) in [4.78, 5) is 34.7. The SMILES string of the molecule is CC(C)Oc1ccc(N2C(=O)NC(=O)C2=O)cc1. The quantitative estimate of drug-likeness (QED) is 0.641. The van der Waals surface area contributed by atoms with Gasteiger partial charge in [-0.25, -0.2) is 9.69 Å². The minimum absolute atomic E-state index is 0.0362. The van der Waals surface area contributed by atoms with Crippen LogP contribution in [-0.2, 0) is 9.59 Å². The molecule has 1 aliphatic rings. The summed E-state index contributed by atoms with van der Waals surface area (Å²) in [6.45, 7) is 3.79. The van der Waals surface area contributed by atoms with E-state index < -0.39 is 17.8 Å². The first-order valence-corrected chi connectivity index (χ1v) is 5.45. The number of benzene rings is 1. The molecule has 1 aromatic rings. The van der Waals surface area contributed by atoms with Crippen molar-refractivity contribution in [1.82, 2.24) is 5.32 Å². The maximum atomic E-state index is 11.4. The van der Waals surface area contributed by atoms with Gasteiger partial charge in [0.2, 0.25) is 0 Å². The summed E-state index contributed by atoms with van der Waals surface area (Å²) in [7, 11) is 0. The van der Waals surface area contributed by atoms with E-state index in [1.165, 1.54) is 0 Å². The van der Waals surface area contributed by atoms with E-state index in [9.17, 15) is 14.4 Å². The lowest BCUT2D eigenvalue weighted by Gasteiger charge is -2.13. The first-order chi connectivity index (χ1) is 8.49. The highest BCUT2D eigenvalue weighted by Crippen LogP contribution is 2.22. The predicted molar refractivity (Wildman–Crippen MR) is 63.2 cm³/mol. The maximum Gasteiger partial charge on any atom is 0.336 e. The van der Waals surface area contributed by atoms with Crippen LogP contribution in [0.25, 0.3) is 0 Å². The summed E-state index contributed by atoms with van der Waals surface area (Å²) >= 11 is 0. The molecule has 6 heteroatoms. The van der Waals surface area contributed by atoms with E-state index in [0.29, 0.717) is 11.4 Å². The van der Waals surface area contributed by atoms with E-state index >= 15 is 0 Å². The molecule has 0 unspecified atom stereocenters. The summed E-state index contributed by atoms with van der Waals surface area (Å²) in [6.07, 6.45) is 0.0362. The number of anilines is 1. The molecular formula is C12H12N2O4. The number of urea groups is 1. The van der Waals surface area contributed by atoms with E-state index in [2.05, 4.69) is 0 Å². The number of amides is 4. The molecule has 0 bridgehead atoms. The number of rotatable bonds is 3. The van der Waals surface area contributed by atoms with E-state index in [1.54, 1.807) is 24.3 Å². The number of ether oxygens (including phenoxy) is 1. The molecule has 18 heavy (non-hydrogen) atoms. The Morgan fingerprint density at radius 2 is 1.72 bits per heavy atom. The Morgan fingerprint density at radius 1 is 1.11 bits per heavy atom. The number of nitrogens with zero attached hydrogens (tertiary/aromatic N) is 1. The predicted octanol–water partition coefficient (Wildman–Crippen LogP) is 1.06. The summed E-state index contributed by atoms with van der Waals surface area (Å²) in [5.41, 5.74) is 0.333. The molecule has 94 valence electrons. The van der Waals surface area contributed by atoms with Crippen LogP contribution < -0.4 is 15.0 Å². The molecule has 6 nitrogen and oxygen atoms in total. The summed E-state index contributed by atoms with van der Waals surface area (Å²) < 4.78 is 5.44. The fourth-order valence-electron chi connectivity index (χ4n) is 1.58. The largest absolute Gasteiger partial charge is 0.491 e. The molecule has 1 aromatic carbocycles. The van der Waals surface area contributed by atoms with Gasteiger partial charge >= 0.3 is 17.8 Å². The van der Waals surface area contributed by atoms with Gasteiger partial charge in [0.1, 0.15) is 5.75 Å². The highest BCUT2D eigenvalue weighted by Gasteiger charge is 2.37. The minimum Gasteiger partial charge on any atom is -0.491 e. The van der Waals surface area contributed by atoms with Gasteiger partial charge in [-0.2, -0.15) is 0 Å². The molecular weight excluding hydrogens is 236 g/mol. The highest BCUT2D eigenvalue weighted by molar-refractivity contribution is 6.53. The van der Waals surface area contributed by atoms with Crippen LogP contribution in [0.4, 0.5) is 10.5 Å². The van der Waals surface area contributed by atoms with Crippen molar-refractivity contribution in [3.05, 3.63) is 24.3 Å². The van der Waals surface area contributed by atoms with Gasteiger partial charge < -0.3 is 4.74 Å². The fourth-order valence-corrected chi connectivity index (χ4v) is 1.58. The number of carbonyl (C=O) groups excluding carboxylic acids is 3. The average molecular weight is 248 g/mol. The van der Waals surface area contributed by atoms with Crippen LogP contribution in [0.3, 0.4) is 0 Å². The Kier molecular flexibility index (Phi) is 3.01. The Hall–Kier alpha value is -2.37. The van der Waals surface area contributed by atoms with Crippen LogP contribution in [0.2, 0.25) is 0 Å². The Bertz CT molecular complexity index is 507. The molecule has 1 N–H and O–H groups in total. The smallest absolute Gasteiger partial charge is 0.336 e. The molecule has 0 aromatic heterocycles. The molecule has 0 aliphatic carbocycles. The van der Waals surface area contributed by atoms with Crippen LogP contribution in [0, 0.1) is 0 Å². The molecule has 1 saturated heterocycles. The van der Waals surface area contributed by atoms with Crippen molar-refractivity contribution in [2.45, 2.75) is 20.0 Å². The standard InChI is InChI=1S/C12H12N2O4/c1-7(2)18-9-5-3-8(4-6-9)14-11(16)10(15)13-12(14)17/h3-7H,1-2H3,(H,13,15,17). The summed E-state index contributed by atoms with van der Waals surface area (Å²) in [6, 6.07) is 5.64. The van der Waals surface area contributed by atoms with Gasteiger partial charge in [0.05, 0.1) is 11.8 Å². The molecule has 0 radical (unpaired) electrons. The van der Waals surface area contributed by atoms with Crippen molar-refractivity contribution in [2.24, 2.45) is 0 Å². The number of imide groups is 2. The highest BCUT2D eigenvalue weighted by atomic mass is 16.5. The van der Waals surface area contributed by atoms with Gasteiger partial charge in [0, 0.05) is 0 Å². The summed E-state index contributed by atoms with van der Waals surface area (Å²) in [5.74, 6) is -1.16. The third kappa shape index (κ3) is 2.17. The van der Waals surface area contributed by atoms with Gasteiger partial charge in [-0.3, -0.25) is 14.9 Å². The van der Waals surface area contributed by atoms with Crippen LogP contribution in [0.5, 0.6) is 5.75 Å². The fraction of sp³-hybridized carbons (Fsp3) is 0.250. The minimum atomic E-state index is -0.914. The second-order valence-corrected chi connectivity index (χ2v) is 4.06. The molecule has 1 aliphatic heterocycles. The number of carbonyl (C=O) groups is 3. The lowest BCUT2D eigenvalue weighted by Crippen LogP contribution is -2.30. The van der Waals surface area contributed by atoms with Crippen LogP contribution in [0.1, 0.15) is 13.8 Å². The lowest BCUT2D eigenvalue weighted by molar-refractivity contribution is -0.134. The Morgan fingerprint density at radius 3 is 2.17 bits per heavy atom. The Labute approximate surface area is 104 Å². The Balaban J connectivity index is 2.22. The molecule has 1 fully saturated rings. The lowest BCUT2D eigenvalue weighted by atomic mass is 10.2. The second kappa shape index (κ2) is 4.48. The molecule has 2 rings (SSSR count). The monoisotopic (exact) mass is 248 g/mol. The second-order valence-electron chi connectivity index (χ2n) is 4.06. The van der Waals surface area contributed by atoms with Crippen LogP contribution in [0.15, 0.2) is 24.3 Å². The topological polar surface area (TPSA) is 75.7 Å². The number of hydrogen-bond acceptors (Lipinski definition) is 4. The third-order valence-electron chi connectivity index (χ3n) is 2.29. The first kappa shape index (κ1) is 12.1. The third-order valence-corrected chi connectivity index (χ3v) is 2.29. The normalized spacial score (nSPS) is 15.3. The van der Waals surface area contributed by atoms with E-state index in [1.807, 2.05) is 19.2 Å². The molecule has 0 atom stereocenters. The molecule has 1 heterocycles. The first-order valence-electron chi connectivity index (χ1n) is 5.45. The summed E-state index contributed by atoms with van der Waals surface area (Å²) in [5, 5.41) is 1.93. The van der Waals surface area contributed by atoms with Crippen molar-refractivity contribution in [3.8, 4) is 5.75 Å².